The maximum Gasteiger partial charge on any atom is 0.332 e. The van der Waals surface area contributed by atoms with Crippen molar-refractivity contribution in [1.82, 2.24) is 0 Å². The van der Waals surface area contributed by atoms with Gasteiger partial charge >= 0.3 is 11.9 Å². The van der Waals surface area contributed by atoms with Gasteiger partial charge in [0.2, 0.25) is 4.75 Å². The van der Waals surface area contributed by atoms with Gasteiger partial charge in [-0.25, -0.2) is 0 Å². The van der Waals surface area contributed by atoms with E-state index in [1.54, 1.807) is 0 Å². The molecule has 0 radical (unpaired) electrons. The van der Waals surface area contributed by atoms with Crippen LogP contribution in [0.4, 0.5) is 0 Å². The maximum atomic E-state index is 10.7. The zero-order chi connectivity index (χ0) is 11.6. The van der Waals surface area contributed by atoms with Crippen LogP contribution in [0.25, 0.3) is 0 Å². The molecule has 0 aromatic carbocycles. The number of hydrogen-bond acceptors (Lipinski definition) is 4. The van der Waals surface area contributed by atoms with Crippen molar-refractivity contribution in [2.45, 2.75) is 11.2 Å². The fourth-order valence-corrected chi connectivity index (χ4v) is 1.50. The van der Waals surface area contributed by atoms with Crippen LogP contribution >= 0.6 is 0 Å². The van der Waals surface area contributed by atoms with Crippen molar-refractivity contribution in [3.63, 3.8) is 0 Å². The van der Waals surface area contributed by atoms with Gasteiger partial charge in [0.15, 0.2) is 0 Å². The molecular formula is C6H8O7S. The van der Waals surface area contributed by atoms with Crippen molar-refractivity contribution < 1.29 is 32.8 Å². The van der Waals surface area contributed by atoms with Crippen molar-refractivity contribution in [2.24, 2.45) is 0 Å². The lowest BCUT2D eigenvalue weighted by Crippen LogP contribution is -2.46. The first-order chi connectivity index (χ1) is 6.17. The molecule has 0 amide bonds. The predicted molar refractivity (Wildman–Crippen MR) is 44.4 cm³/mol. The summed E-state index contributed by atoms with van der Waals surface area (Å²) in [6, 6.07) is 0. The smallest absolute Gasteiger partial charge is 0.332 e. The lowest BCUT2D eigenvalue weighted by molar-refractivity contribution is -0.145. The Labute approximate surface area is 79.4 Å². The van der Waals surface area contributed by atoms with Crippen molar-refractivity contribution in [1.29, 1.82) is 0 Å². The molecule has 0 aliphatic carbocycles. The molecule has 0 saturated heterocycles. The van der Waals surface area contributed by atoms with Gasteiger partial charge in [0.25, 0.3) is 10.1 Å². The minimum absolute atomic E-state index is 0.374. The number of hydrogen-bond donors (Lipinski definition) is 3. The molecule has 1 unspecified atom stereocenters. The molecule has 8 heteroatoms. The molecule has 0 spiro atoms. The van der Waals surface area contributed by atoms with E-state index in [0.717, 1.165) is 0 Å². The first-order valence-electron chi connectivity index (χ1n) is 3.23. The molecule has 0 aliphatic heterocycles. The van der Waals surface area contributed by atoms with Gasteiger partial charge < -0.3 is 10.2 Å². The molecule has 0 saturated carbocycles. The zero-order valence-corrected chi connectivity index (χ0v) is 7.69. The maximum absolute atomic E-state index is 10.7. The SMILES string of the molecule is C=CC(CC(=O)O)(C(=O)O)S(=O)(=O)O. The molecule has 80 valence electrons. The summed E-state index contributed by atoms with van der Waals surface area (Å²) in [6.45, 7) is 2.89. The Morgan fingerprint density at radius 1 is 1.36 bits per heavy atom. The van der Waals surface area contributed by atoms with Gasteiger partial charge in [-0.05, 0) is 0 Å². The lowest BCUT2D eigenvalue weighted by atomic mass is 10.1. The van der Waals surface area contributed by atoms with Crippen LogP contribution < -0.4 is 0 Å². The molecule has 0 aliphatic rings. The minimum atomic E-state index is -5.07. The largest absolute Gasteiger partial charge is 0.481 e. The molecule has 7 nitrogen and oxygen atoms in total. The van der Waals surface area contributed by atoms with Crippen LogP contribution in [0.1, 0.15) is 6.42 Å². The highest BCUT2D eigenvalue weighted by atomic mass is 32.2. The van der Waals surface area contributed by atoms with Crippen LogP contribution in [-0.4, -0.2) is 39.9 Å². The average Bonchev–Trinajstić information content (AvgIpc) is 1.96. The molecule has 0 rings (SSSR count). The molecule has 14 heavy (non-hydrogen) atoms. The number of carbonyl (C=O) groups is 2. The third kappa shape index (κ3) is 2.09. The van der Waals surface area contributed by atoms with E-state index in [0.29, 0.717) is 6.08 Å². The Morgan fingerprint density at radius 3 is 1.86 bits per heavy atom. The van der Waals surface area contributed by atoms with Gasteiger partial charge in [-0.2, -0.15) is 8.42 Å². The van der Waals surface area contributed by atoms with E-state index in [4.69, 9.17) is 14.8 Å². The molecule has 0 heterocycles. The summed E-state index contributed by atoms with van der Waals surface area (Å²) < 4.78 is 27.1. The number of carboxylic acids is 2. The molecule has 0 bridgehead atoms. The highest BCUT2D eigenvalue weighted by Gasteiger charge is 2.50. The van der Waals surface area contributed by atoms with Crippen molar-refractivity contribution in [3.05, 3.63) is 12.7 Å². The summed E-state index contributed by atoms with van der Waals surface area (Å²) >= 11 is 0. The number of rotatable bonds is 5. The standard InChI is InChI=1S/C6H8O7S/c1-2-6(5(9)10,3-4(7)8)14(11,12)13/h2H,1,3H2,(H,7,8)(H,9,10)(H,11,12,13). The summed E-state index contributed by atoms with van der Waals surface area (Å²) in [5.74, 6) is -3.66. The molecule has 1 atom stereocenters. The minimum Gasteiger partial charge on any atom is -0.481 e. The number of aliphatic carboxylic acids is 2. The highest BCUT2D eigenvalue weighted by molar-refractivity contribution is 7.88. The monoisotopic (exact) mass is 224 g/mol. The Balaban J connectivity index is 5.56. The fourth-order valence-electron chi connectivity index (χ4n) is 0.767. The first kappa shape index (κ1) is 12.6. The molecule has 0 fully saturated rings. The van der Waals surface area contributed by atoms with Crippen molar-refractivity contribution >= 4 is 22.1 Å². The van der Waals surface area contributed by atoms with Gasteiger partial charge in [-0.3, -0.25) is 14.1 Å². The Hall–Kier alpha value is -1.41. The Bertz CT molecular complexity index is 368. The van der Waals surface area contributed by atoms with E-state index in [2.05, 4.69) is 6.58 Å². The second-order valence-electron chi connectivity index (χ2n) is 2.44. The van der Waals surface area contributed by atoms with Crippen LogP contribution in [-0.2, 0) is 19.7 Å². The van der Waals surface area contributed by atoms with Crippen LogP contribution in [0.3, 0.4) is 0 Å². The van der Waals surface area contributed by atoms with Gasteiger partial charge in [-0.1, -0.05) is 6.08 Å². The van der Waals surface area contributed by atoms with Crippen LogP contribution in [0, 0.1) is 0 Å². The van der Waals surface area contributed by atoms with E-state index < -0.39 is 33.2 Å². The van der Waals surface area contributed by atoms with Crippen molar-refractivity contribution in [3.8, 4) is 0 Å². The molecule has 0 aromatic heterocycles. The van der Waals surface area contributed by atoms with Gasteiger partial charge in [0, 0.05) is 0 Å². The van der Waals surface area contributed by atoms with E-state index in [1.165, 1.54) is 0 Å². The molecule has 3 N–H and O–H groups in total. The second-order valence-corrected chi connectivity index (χ2v) is 4.12. The van der Waals surface area contributed by atoms with Gasteiger partial charge in [-0.15, -0.1) is 6.58 Å². The van der Waals surface area contributed by atoms with E-state index in [1.807, 2.05) is 0 Å². The third-order valence-electron chi connectivity index (χ3n) is 1.57. The predicted octanol–water partition coefficient (Wildman–Crippen LogP) is -0.642. The number of carboxylic acid groups (broad SMARTS) is 2. The fraction of sp³-hybridized carbons (Fsp3) is 0.333. The summed E-state index contributed by atoms with van der Waals surface area (Å²) in [5, 5.41) is 16.8. The lowest BCUT2D eigenvalue weighted by Gasteiger charge is -2.19. The average molecular weight is 224 g/mol. The second kappa shape index (κ2) is 3.76. The first-order valence-corrected chi connectivity index (χ1v) is 4.67. The van der Waals surface area contributed by atoms with Crippen LogP contribution in [0.15, 0.2) is 12.7 Å². The van der Waals surface area contributed by atoms with Crippen LogP contribution in [0.5, 0.6) is 0 Å². The van der Waals surface area contributed by atoms with Crippen LogP contribution in [0.2, 0.25) is 0 Å². The molecule has 0 aromatic rings. The topological polar surface area (TPSA) is 129 Å². The van der Waals surface area contributed by atoms with Crippen molar-refractivity contribution in [2.75, 3.05) is 0 Å². The normalized spacial score (nSPS) is 15.5. The van der Waals surface area contributed by atoms with E-state index in [-0.39, 0.29) is 0 Å². The summed E-state index contributed by atoms with van der Waals surface area (Å²) in [7, 11) is -5.07. The molecular weight excluding hydrogens is 216 g/mol. The summed E-state index contributed by atoms with van der Waals surface area (Å²) in [4.78, 5) is 20.8. The third-order valence-corrected chi connectivity index (χ3v) is 2.97. The quantitative estimate of drug-likeness (QED) is 0.418. The highest BCUT2D eigenvalue weighted by Crippen LogP contribution is 2.23. The van der Waals surface area contributed by atoms with Gasteiger partial charge in [0.1, 0.15) is 0 Å². The Morgan fingerprint density at radius 2 is 1.79 bits per heavy atom. The van der Waals surface area contributed by atoms with E-state index >= 15 is 0 Å². The Kier molecular flexibility index (Phi) is 3.38. The van der Waals surface area contributed by atoms with Gasteiger partial charge in [0.05, 0.1) is 6.42 Å². The van der Waals surface area contributed by atoms with E-state index in [9.17, 15) is 18.0 Å². The zero-order valence-electron chi connectivity index (χ0n) is 6.87. The summed E-state index contributed by atoms with van der Waals surface area (Å²) in [5.41, 5.74) is 0. The summed E-state index contributed by atoms with van der Waals surface area (Å²) in [6.07, 6.45) is -0.913.